The summed E-state index contributed by atoms with van der Waals surface area (Å²) in [4.78, 5) is 14.3. The number of carbonyl (C=O) groups excluding carboxylic acids is 1. The van der Waals surface area contributed by atoms with E-state index in [2.05, 4.69) is 5.32 Å². The minimum atomic E-state index is -1.39. The third-order valence-electron chi connectivity index (χ3n) is 3.79. The molecule has 0 saturated heterocycles. The molecule has 0 spiro atoms. The van der Waals surface area contributed by atoms with Crippen LogP contribution in [0.5, 0.6) is 0 Å². The zero-order valence-corrected chi connectivity index (χ0v) is 15.4. The second-order valence-electron chi connectivity index (χ2n) is 5.43. The maximum atomic E-state index is 12.7. The molecule has 0 unspecified atom stereocenters. The topological polar surface area (TPSA) is 62.5 Å². The molecule has 0 radical (unpaired) electrons. The number of rotatable bonds is 7. The van der Waals surface area contributed by atoms with Gasteiger partial charge in [-0.1, -0.05) is 25.1 Å². The molecule has 3 aromatic rings. The van der Waals surface area contributed by atoms with Crippen LogP contribution in [0.3, 0.4) is 0 Å². The van der Waals surface area contributed by atoms with Crippen LogP contribution in [-0.2, 0) is 5.60 Å². The predicted molar refractivity (Wildman–Crippen MR) is 101 cm³/mol. The summed E-state index contributed by atoms with van der Waals surface area (Å²) < 4.78 is 5.42. The third-order valence-corrected chi connectivity index (χ3v) is 5.77. The number of nitrogens with one attached hydrogen (secondary N) is 1. The van der Waals surface area contributed by atoms with Crippen LogP contribution in [0, 0.1) is 0 Å². The summed E-state index contributed by atoms with van der Waals surface area (Å²) in [5.74, 6) is 1.08. The number of thioether (sulfide) groups is 1. The highest BCUT2D eigenvalue weighted by Crippen LogP contribution is 2.33. The van der Waals surface area contributed by atoms with Gasteiger partial charge in [-0.15, -0.1) is 23.1 Å². The zero-order chi connectivity index (χ0) is 17.7. The van der Waals surface area contributed by atoms with Crippen LogP contribution in [0.1, 0.15) is 27.9 Å². The molecule has 25 heavy (non-hydrogen) atoms. The Kier molecular flexibility index (Phi) is 5.63. The Morgan fingerprint density at radius 1 is 1.24 bits per heavy atom. The van der Waals surface area contributed by atoms with Gasteiger partial charge in [0, 0.05) is 9.77 Å². The molecule has 2 aromatic heterocycles. The summed E-state index contributed by atoms with van der Waals surface area (Å²) in [7, 11) is 0. The van der Waals surface area contributed by atoms with Crippen LogP contribution >= 0.6 is 23.1 Å². The Labute approximate surface area is 154 Å². The van der Waals surface area contributed by atoms with Gasteiger partial charge < -0.3 is 14.8 Å². The molecular formula is C19H19NO3S2. The lowest BCUT2D eigenvalue weighted by Crippen LogP contribution is -2.41. The van der Waals surface area contributed by atoms with Crippen molar-refractivity contribution >= 4 is 29.0 Å². The van der Waals surface area contributed by atoms with Gasteiger partial charge in [0.25, 0.3) is 5.91 Å². The summed E-state index contributed by atoms with van der Waals surface area (Å²) in [5, 5.41) is 15.9. The number of aliphatic hydroxyl groups is 1. The maximum absolute atomic E-state index is 12.7. The lowest BCUT2D eigenvalue weighted by Gasteiger charge is -2.25. The average Bonchev–Trinajstić information content (AvgIpc) is 3.34. The molecule has 1 atom stereocenters. The van der Waals surface area contributed by atoms with Gasteiger partial charge in [-0.05, 0) is 41.5 Å². The lowest BCUT2D eigenvalue weighted by molar-refractivity contribution is 0.0553. The van der Waals surface area contributed by atoms with Crippen LogP contribution < -0.4 is 5.32 Å². The number of carbonyl (C=O) groups is 1. The summed E-state index contributed by atoms with van der Waals surface area (Å²) in [6.45, 7) is 2.08. The highest BCUT2D eigenvalue weighted by molar-refractivity contribution is 7.99. The Bertz CT molecular complexity index is 779. The Balaban J connectivity index is 1.82. The second-order valence-corrected chi connectivity index (χ2v) is 7.68. The predicted octanol–water partition coefficient (Wildman–Crippen LogP) is 4.12. The van der Waals surface area contributed by atoms with Crippen LogP contribution in [0.4, 0.5) is 0 Å². The molecule has 2 N–H and O–H groups in total. The fraction of sp³-hybridized carbons (Fsp3) is 0.211. The van der Waals surface area contributed by atoms with Gasteiger partial charge in [0.2, 0.25) is 0 Å². The van der Waals surface area contributed by atoms with E-state index in [0.717, 1.165) is 15.5 Å². The molecule has 0 aliphatic carbocycles. The first-order valence-corrected chi connectivity index (χ1v) is 9.82. The molecule has 1 amide bonds. The van der Waals surface area contributed by atoms with Crippen LogP contribution in [0.15, 0.2) is 69.5 Å². The summed E-state index contributed by atoms with van der Waals surface area (Å²) in [6, 6.07) is 14.6. The first kappa shape index (κ1) is 17.8. The van der Waals surface area contributed by atoms with Crippen molar-refractivity contribution in [3.8, 4) is 0 Å². The van der Waals surface area contributed by atoms with Crippen molar-refractivity contribution in [1.82, 2.24) is 5.32 Å². The largest absolute Gasteiger partial charge is 0.466 e. The highest BCUT2D eigenvalue weighted by atomic mass is 32.2. The fourth-order valence-corrected chi connectivity index (χ4v) is 4.19. The van der Waals surface area contributed by atoms with E-state index in [-0.39, 0.29) is 12.5 Å². The monoisotopic (exact) mass is 373 g/mol. The number of hydrogen-bond donors (Lipinski definition) is 2. The van der Waals surface area contributed by atoms with Crippen LogP contribution in [-0.4, -0.2) is 23.3 Å². The number of benzene rings is 1. The second kappa shape index (κ2) is 7.91. The Morgan fingerprint density at radius 2 is 2.08 bits per heavy atom. The number of amides is 1. The van der Waals surface area contributed by atoms with Crippen molar-refractivity contribution in [2.75, 3.05) is 12.3 Å². The molecule has 0 aliphatic heterocycles. The van der Waals surface area contributed by atoms with Crippen molar-refractivity contribution in [2.24, 2.45) is 0 Å². The van der Waals surface area contributed by atoms with Gasteiger partial charge in [-0.25, -0.2) is 0 Å². The van der Waals surface area contributed by atoms with Crippen molar-refractivity contribution in [3.05, 3.63) is 76.4 Å². The first-order valence-electron chi connectivity index (χ1n) is 7.95. The molecular weight excluding hydrogens is 354 g/mol. The van der Waals surface area contributed by atoms with Gasteiger partial charge in [0.1, 0.15) is 5.76 Å². The van der Waals surface area contributed by atoms with Crippen LogP contribution in [0.2, 0.25) is 0 Å². The van der Waals surface area contributed by atoms with E-state index in [0.29, 0.717) is 11.3 Å². The number of thiophene rings is 1. The minimum absolute atomic E-state index is 0.0327. The molecule has 2 heterocycles. The van der Waals surface area contributed by atoms with E-state index in [1.54, 1.807) is 30.0 Å². The standard InChI is InChI=1S/C19H19NO3S2/c1-2-24-15-8-4-3-7-14(15)18(21)20-13-19(22,16-9-5-11-23-16)17-10-6-12-25-17/h3-12,22H,2,13H2,1H3,(H,20,21)/t19-/m0/s1. The Morgan fingerprint density at radius 3 is 2.76 bits per heavy atom. The molecule has 1 aromatic carbocycles. The van der Waals surface area contributed by atoms with Gasteiger partial charge >= 0.3 is 0 Å². The molecule has 0 fully saturated rings. The van der Waals surface area contributed by atoms with Crippen LogP contribution in [0.25, 0.3) is 0 Å². The maximum Gasteiger partial charge on any atom is 0.252 e. The molecule has 4 nitrogen and oxygen atoms in total. The Hall–Kier alpha value is -2.02. The molecule has 6 heteroatoms. The molecule has 0 saturated carbocycles. The third kappa shape index (κ3) is 3.81. The van der Waals surface area contributed by atoms with Gasteiger partial charge in [0.15, 0.2) is 5.60 Å². The highest BCUT2D eigenvalue weighted by Gasteiger charge is 2.36. The minimum Gasteiger partial charge on any atom is -0.466 e. The smallest absolute Gasteiger partial charge is 0.252 e. The van der Waals surface area contributed by atoms with E-state index < -0.39 is 5.60 Å². The van der Waals surface area contributed by atoms with Crippen molar-refractivity contribution in [1.29, 1.82) is 0 Å². The molecule has 130 valence electrons. The van der Waals surface area contributed by atoms with Gasteiger partial charge in [-0.3, -0.25) is 4.79 Å². The summed E-state index contributed by atoms with van der Waals surface area (Å²) in [6.07, 6.45) is 1.52. The quantitative estimate of drug-likeness (QED) is 0.612. The summed E-state index contributed by atoms with van der Waals surface area (Å²) in [5.41, 5.74) is -0.775. The van der Waals surface area contributed by atoms with Gasteiger partial charge in [0.05, 0.1) is 18.4 Å². The van der Waals surface area contributed by atoms with Crippen molar-refractivity contribution in [2.45, 2.75) is 17.4 Å². The molecule has 0 aliphatic rings. The number of hydrogen-bond acceptors (Lipinski definition) is 5. The molecule has 0 bridgehead atoms. The normalized spacial score (nSPS) is 13.4. The first-order chi connectivity index (χ1) is 12.1. The summed E-state index contributed by atoms with van der Waals surface area (Å²) >= 11 is 3.04. The lowest BCUT2D eigenvalue weighted by atomic mass is 9.98. The number of furan rings is 1. The molecule has 3 rings (SSSR count). The van der Waals surface area contributed by atoms with E-state index in [4.69, 9.17) is 4.42 Å². The van der Waals surface area contributed by atoms with E-state index in [1.807, 2.05) is 42.6 Å². The van der Waals surface area contributed by atoms with E-state index in [1.165, 1.54) is 17.6 Å². The fourth-order valence-electron chi connectivity index (χ4n) is 2.56. The van der Waals surface area contributed by atoms with E-state index in [9.17, 15) is 9.90 Å². The SMILES string of the molecule is CCSc1ccccc1C(=O)NC[C@](O)(c1ccco1)c1cccs1. The van der Waals surface area contributed by atoms with Crippen molar-refractivity contribution < 1.29 is 14.3 Å². The average molecular weight is 373 g/mol. The van der Waals surface area contributed by atoms with E-state index >= 15 is 0 Å². The zero-order valence-electron chi connectivity index (χ0n) is 13.8. The van der Waals surface area contributed by atoms with Crippen molar-refractivity contribution in [3.63, 3.8) is 0 Å². The van der Waals surface area contributed by atoms with Gasteiger partial charge in [-0.2, -0.15) is 0 Å².